The predicted octanol–water partition coefficient (Wildman–Crippen LogP) is 3.52. The molecule has 0 bridgehead atoms. The van der Waals surface area contributed by atoms with Gasteiger partial charge < -0.3 is 10.4 Å². The molecule has 1 aliphatic carbocycles. The maximum atomic E-state index is 12.1. The first-order chi connectivity index (χ1) is 9.38. The van der Waals surface area contributed by atoms with E-state index < -0.39 is 5.97 Å². The summed E-state index contributed by atoms with van der Waals surface area (Å²) in [6.07, 6.45) is 4.01. The number of carbonyl (C=O) groups excluding carboxylic acids is 1. The number of anilines is 1. The van der Waals surface area contributed by atoms with E-state index in [1.165, 1.54) is 11.3 Å². The number of aryl methyl sites for hydroxylation is 1. The van der Waals surface area contributed by atoms with Gasteiger partial charge in [-0.15, -0.1) is 11.3 Å². The predicted molar refractivity (Wildman–Crippen MR) is 79.8 cm³/mol. The van der Waals surface area contributed by atoms with Gasteiger partial charge in [0, 0.05) is 10.4 Å². The van der Waals surface area contributed by atoms with Crippen LogP contribution in [0.5, 0.6) is 0 Å². The highest BCUT2D eigenvalue weighted by atomic mass is 32.1. The van der Waals surface area contributed by atoms with Gasteiger partial charge in [-0.2, -0.15) is 0 Å². The molecule has 0 aliphatic heterocycles. The average Bonchev–Trinajstić information content (AvgIpc) is 2.59. The molecule has 0 aromatic carbocycles. The van der Waals surface area contributed by atoms with Crippen LogP contribution in [-0.2, 0) is 0 Å². The van der Waals surface area contributed by atoms with Crippen LogP contribution in [0, 0.1) is 13.8 Å². The third-order valence-electron chi connectivity index (χ3n) is 4.19. The van der Waals surface area contributed by atoms with E-state index >= 15 is 0 Å². The first kappa shape index (κ1) is 14.8. The van der Waals surface area contributed by atoms with Crippen molar-refractivity contribution in [3.8, 4) is 0 Å². The molecule has 1 heterocycles. The van der Waals surface area contributed by atoms with E-state index in [0.717, 1.165) is 30.6 Å². The summed E-state index contributed by atoms with van der Waals surface area (Å²) in [6, 6.07) is -0.310. The van der Waals surface area contributed by atoms with Crippen LogP contribution in [0.1, 0.15) is 53.4 Å². The number of aromatic carboxylic acids is 1. The molecule has 20 heavy (non-hydrogen) atoms. The summed E-state index contributed by atoms with van der Waals surface area (Å²) in [5.41, 5.74) is 0.808. The third-order valence-corrected chi connectivity index (χ3v) is 5.32. The van der Waals surface area contributed by atoms with Crippen LogP contribution in [0.4, 0.5) is 9.80 Å². The summed E-state index contributed by atoms with van der Waals surface area (Å²) in [6.45, 7) is 5.67. The van der Waals surface area contributed by atoms with E-state index in [9.17, 15) is 14.7 Å². The molecule has 5 nitrogen and oxygen atoms in total. The fraction of sp³-hybridized carbons (Fsp3) is 0.571. The van der Waals surface area contributed by atoms with E-state index in [-0.39, 0.29) is 17.1 Å². The van der Waals surface area contributed by atoms with Crippen molar-refractivity contribution in [2.45, 2.75) is 52.0 Å². The fourth-order valence-corrected chi connectivity index (χ4v) is 3.57. The molecule has 2 amide bonds. The maximum Gasteiger partial charge on any atom is 0.338 e. The second-order valence-electron chi connectivity index (χ2n) is 5.36. The minimum atomic E-state index is -1.00. The summed E-state index contributed by atoms with van der Waals surface area (Å²) in [7, 11) is 0. The van der Waals surface area contributed by atoms with Crippen LogP contribution < -0.4 is 10.6 Å². The van der Waals surface area contributed by atoms with Crippen molar-refractivity contribution in [3.63, 3.8) is 0 Å². The van der Waals surface area contributed by atoms with Gasteiger partial charge in [0.15, 0.2) is 0 Å². The van der Waals surface area contributed by atoms with E-state index in [1.54, 1.807) is 6.92 Å². The number of urea groups is 1. The highest BCUT2D eigenvalue weighted by Gasteiger charge is 2.36. The molecular weight excluding hydrogens is 276 g/mol. The third kappa shape index (κ3) is 2.65. The Kier molecular flexibility index (Phi) is 4.04. The topological polar surface area (TPSA) is 78.4 Å². The van der Waals surface area contributed by atoms with Crippen molar-refractivity contribution in [2.24, 2.45) is 0 Å². The van der Waals surface area contributed by atoms with Gasteiger partial charge in [0.25, 0.3) is 0 Å². The van der Waals surface area contributed by atoms with Crippen LogP contribution in [0.15, 0.2) is 0 Å². The van der Waals surface area contributed by atoms with Crippen LogP contribution in [0.3, 0.4) is 0 Å². The van der Waals surface area contributed by atoms with Crippen LogP contribution in [-0.4, -0.2) is 22.6 Å². The van der Waals surface area contributed by atoms with Crippen molar-refractivity contribution >= 4 is 28.3 Å². The molecule has 0 atom stereocenters. The standard InChI is InChI=1S/C14H20N2O3S/c1-4-14(6-5-7-14)16-13(19)15-11-10(12(17)18)8(2)9(3)20-11/h4-7H2,1-3H3,(H,17,18)(H2,15,16,19). The Morgan fingerprint density at radius 1 is 1.35 bits per heavy atom. The monoisotopic (exact) mass is 296 g/mol. The Bertz CT molecular complexity index is 541. The SMILES string of the molecule is CCC1(NC(=O)Nc2sc(C)c(C)c2C(=O)O)CCC1. The minimum absolute atomic E-state index is 0.102. The Hall–Kier alpha value is -1.56. The molecule has 2 rings (SSSR count). The second-order valence-corrected chi connectivity index (χ2v) is 6.58. The van der Waals surface area contributed by atoms with Gasteiger partial charge in [-0.3, -0.25) is 5.32 Å². The first-order valence-corrected chi connectivity index (χ1v) is 7.62. The number of hydrogen-bond acceptors (Lipinski definition) is 3. The average molecular weight is 296 g/mol. The zero-order valence-corrected chi connectivity index (χ0v) is 12.8. The summed E-state index contributed by atoms with van der Waals surface area (Å²) in [5, 5.41) is 15.3. The van der Waals surface area contributed by atoms with Gasteiger partial charge in [-0.05, 0) is 45.1 Å². The first-order valence-electron chi connectivity index (χ1n) is 6.81. The molecule has 0 radical (unpaired) electrons. The van der Waals surface area contributed by atoms with Gasteiger partial charge >= 0.3 is 12.0 Å². The highest BCUT2D eigenvalue weighted by Crippen LogP contribution is 2.35. The fourth-order valence-electron chi connectivity index (χ4n) is 2.52. The smallest absolute Gasteiger partial charge is 0.338 e. The summed E-state index contributed by atoms with van der Waals surface area (Å²) in [4.78, 5) is 24.3. The second kappa shape index (κ2) is 5.44. The van der Waals surface area contributed by atoms with Crippen molar-refractivity contribution in [2.75, 3.05) is 5.32 Å². The summed E-state index contributed by atoms with van der Waals surface area (Å²) >= 11 is 1.30. The van der Waals surface area contributed by atoms with Gasteiger partial charge in [0.2, 0.25) is 0 Å². The van der Waals surface area contributed by atoms with Crippen molar-refractivity contribution in [3.05, 3.63) is 16.0 Å². The van der Waals surface area contributed by atoms with Gasteiger partial charge in [0.1, 0.15) is 5.00 Å². The Morgan fingerprint density at radius 3 is 2.45 bits per heavy atom. The number of thiophene rings is 1. The molecule has 1 fully saturated rings. The molecule has 0 saturated heterocycles. The molecule has 1 saturated carbocycles. The highest BCUT2D eigenvalue weighted by molar-refractivity contribution is 7.16. The van der Waals surface area contributed by atoms with E-state index in [1.807, 2.05) is 6.92 Å². The Morgan fingerprint density at radius 2 is 2.00 bits per heavy atom. The number of rotatable bonds is 4. The quantitative estimate of drug-likeness (QED) is 0.795. The molecule has 3 N–H and O–H groups in total. The lowest BCUT2D eigenvalue weighted by Crippen LogP contribution is -2.54. The zero-order chi connectivity index (χ0) is 14.9. The number of carboxylic acid groups (broad SMARTS) is 1. The van der Waals surface area contributed by atoms with Crippen LogP contribution >= 0.6 is 11.3 Å². The van der Waals surface area contributed by atoms with Crippen molar-refractivity contribution < 1.29 is 14.7 Å². The lowest BCUT2D eigenvalue weighted by atomic mass is 9.75. The van der Waals surface area contributed by atoms with E-state index in [0.29, 0.717) is 10.6 Å². The van der Waals surface area contributed by atoms with E-state index in [4.69, 9.17) is 0 Å². The van der Waals surface area contributed by atoms with Crippen molar-refractivity contribution in [1.29, 1.82) is 0 Å². The normalized spacial score (nSPS) is 16.4. The van der Waals surface area contributed by atoms with Crippen LogP contribution in [0.25, 0.3) is 0 Å². The summed E-state index contributed by atoms with van der Waals surface area (Å²) in [5.74, 6) is -1.00. The molecule has 0 spiro atoms. The molecule has 6 heteroatoms. The number of hydrogen-bond donors (Lipinski definition) is 3. The minimum Gasteiger partial charge on any atom is -0.478 e. The molecule has 110 valence electrons. The molecular formula is C14H20N2O3S. The largest absolute Gasteiger partial charge is 0.478 e. The molecule has 1 aromatic rings. The maximum absolute atomic E-state index is 12.1. The number of amides is 2. The van der Waals surface area contributed by atoms with Crippen LogP contribution in [0.2, 0.25) is 0 Å². The zero-order valence-electron chi connectivity index (χ0n) is 12.0. The number of carbonyl (C=O) groups is 2. The molecule has 0 unspecified atom stereocenters. The van der Waals surface area contributed by atoms with Gasteiger partial charge in [-0.1, -0.05) is 6.92 Å². The number of carboxylic acids is 1. The Balaban J connectivity index is 2.12. The Labute approximate surface area is 122 Å². The van der Waals surface area contributed by atoms with Gasteiger partial charge in [-0.25, -0.2) is 9.59 Å². The molecule has 1 aliphatic rings. The van der Waals surface area contributed by atoms with Gasteiger partial charge in [0.05, 0.1) is 5.56 Å². The van der Waals surface area contributed by atoms with E-state index in [2.05, 4.69) is 17.6 Å². The summed E-state index contributed by atoms with van der Waals surface area (Å²) < 4.78 is 0. The lowest BCUT2D eigenvalue weighted by molar-refractivity contribution is 0.0697. The lowest BCUT2D eigenvalue weighted by Gasteiger charge is -2.41. The van der Waals surface area contributed by atoms with Crippen molar-refractivity contribution in [1.82, 2.24) is 5.32 Å². The number of nitrogens with one attached hydrogen (secondary N) is 2. The molecule has 1 aromatic heterocycles.